The molecule has 90 valence electrons. The van der Waals surface area contributed by atoms with Gasteiger partial charge >= 0.3 is 6.03 Å². The number of amides is 3. The van der Waals surface area contributed by atoms with Gasteiger partial charge in [0.05, 0.1) is 0 Å². The zero-order valence-corrected chi connectivity index (χ0v) is 10.0. The molecule has 1 aliphatic carbocycles. The second-order valence-electron chi connectivity index (χ2n) is 4.54. The van der Waals surface area contributed by atoms with Crippen LogP contribution in [0, 0.1) is 19.8 Å². The summed E-state index contributed by atoms with van der Waals surface area (Å²) >= 11 is 0. The fourth-order valence-corrected chi connectivity index (χ4v) is 1.58. The highest BCUT2D eigenvalue weighted by atomic mass is 16.2. The molecule has 1 fully saturated rings. The van der Waals surface area contributed by atoms with Gasteiger partial charge in [0.15, 0.2) is 0 Å². The van der Waals surface area contributed by atoms with E-state index in [0.717, 1.165) is 29.7 Å². The Bertz CT molecular complexity index is 464. The minimum Gasteiger partial charge on any atom is -0.307 e. The number of imide groups is 1. The standard InChI is InChI=1S/C13H16N2O2/c1-8-3-4-9(2)11(7-8)14-13(17)15-12(16)10-5-6-10/h3-4,7,10H,5-6H2,1-2H3,(H2,14,15,16,17). The van der Waals surface area contributed by atoms with E-state index >= 15 is 0 Å². The molecule has 0 atom stereocenters. The molecule has 0 aliphatic heterocycles. The van der Waals surface area contributed by atoms with Crippen molar-refractivity contribution in [1.29, 1.82) is 0 Å². The smallest absolute Gasteiger partial charge is 0.307 e. The number of benzene rings is 1. The monoisotopic (exact) mass is 232 g/mol. The lowest BCUT2D eigenvalue weighted by Crippen LogP contribution is -2.35. The molecule has 1 aliphatic rings. The van der Waals surface area contributed by atoms with Crippen molar-refractivity contribution in [3.63, 3.8) is 0 Å². The molecule has 2 rings (SSSR count). The van der Waals surface area contributed by atoms with Crippen LogP contribution in [0.3, 0.4) is 0 Å². The molecule has 4 heteroatoms. The van der Waals surface area contributed by atoms with Gasteiger partial charge < -0.3 is 5.32 Å². The van der Waals surface area contributed by atoms with Gasteiger partial charge in [0.1, 0.15) is 0 Å². The number of hydrogen-bond acceptors (Lipinski definition) is 2. The molecule has 0 unspecified atom stereocenters. The highest BCUT2D eigenvalue weighted by molar-refractivity contribution is 6.02. The average Bonchev–Trinajstić information content (AvgIpc) is 3.06. The molecule has 0 radical (unpaired) electrons. The van der Waals surface area contributed by atoms with Gasteiger partial charge in [-0.25, -0.2) is 4.79 Å². The summed E-state index contributed by atoms with van der Waals surface area (Å²) < 4.78 is 0. The predicted molar refractivity (Wildman–Crippen MR) is 65.8 cm³/mol. The number of carbonyl (C=O) groups is 2. The highest BCUT2D eigenvalue weighted by Gasteiger charge is 2.30. The molecule has 17 heavy (non-hydrogen) atoms. The predicted octanol–water partition coefficient (Wildman–Crippen LogP) is 2.36. The number of nitrogens with one attached hydrogen (secondary N) is 2. The summed E-state index contributed by atoms with van der Waals surface area (Å²) in [5.41, 5.74) is 2.79. The first-order chi connectivity index (χ1) is 8.06. The molecule has 2 N–H and O–H groups in total. The molecular weight excluding hydrogens is 216 g/mol. The van der Waals surface area contributed by atoms with Crippen molar-refractivity contribution in [2.45, 2.75) is 26.7 Å². The summed E-state index contributed by atoms with van der Waals surface area (Å²) in [6.07, 6.45) is 1.78. The van der Waals surface area contributed by atoms with Crippen molar-refractivity contribution in [2.75, 3.05) is 5.32 Å². The molecule has 0 bridgehead atoms. The van der Waals surface area contributed by atoms with Crippen LogP contribution in [-0.4, -0.2) is 11.9 Å². The summed E-state index contributed by atoms with van der Waals surface area (Å²) in [6.45, 7) is 3.87. The number of urea groups is 1. The molecular formula is C13H16N2O2. The normalized spacial score (nSPS) is 14.2. The summed E-state index contributed by atoms with van der Waals surface area (Å²) in [7, 11) is 0. The first kappa shape index (κ1) is 11.6. The van der Waals surface area contributed by atoms with Gasteiger partial charge in [-0.2, -0.15) is 0 Å². The van der Waals surface area contributed by atoms with Crippen LogP contribution in [0.1, 0.15) is 24.0 Å². The van der Waals surface area contributed by atoms with Gasteiger partial charge in [0.2, 0.25) is 5.91 Å². The van der Waals surface area contributed by atoms with Gasteiger partial charge in [0.25, 0.3) is 0 Å². The molecule has 0 saturated heterocycles. The van der Waals surface area contributed by atoms with Crippen LogP contribution in [0.4, 0.5) is 10.5 Å². The Morgan fingerprint density at radius 1 is 1.24 bits per heavy atom. The molecule has 0 heterocycles. The Morgan fingerprint density at radius 3 is 2.59 bits per heavy atom. The Hall–Kier alpha value is -1.84. The number of rotatable bonds is 2. The van der Waals surface area contributed by atoms with E-state index < -0.39 is 6.03 Å². The van der Waals surface area contributed by atoms with E-state index in [2.05, 4.69) is 10.6 Å². The SMILES string of the molecule is Cc1ccc(C)c(NC(=O)NC(=O)C2CC2)c1. The summed E-state index contributed by atoms with van der Waals surface area (Å²) in [4.78, 5) is 23.0. The Balaban J connectivity index is 1.97. The molecule has 0 aromatic heterocycles. The van der Waals surface area contributed by atoms with E-state index in [-0.39, 0.29) is 11.8 Å². The van der Waals surface area contributed by atoms with Gasteiger partial charge in [-0.15, -0.1) is 0 Å². The minimum atomic E-state index is -0.449. The van der Waals surface area contributed by atoms with E-state index in [1.165, 1.54) is 0 Å². The molecule has 1 aromatic rings. The quantitative estimate of drug-likeness (QED) is 0.822. The lowest BCUT2D eigenvalue weighted by molar-refractivity contribution is -0.121. The van der Waals surface area contributed by atoms with E-state index in [1.54, 1.807) is 0 Å². The second-order valence-corrected chi connectivity index (χ2v) is 4.54. The highest BCUT2D eigenvalue weighted by Crippen LogP contribution is 2.28. The van der Waals surface area contributed by atoms with Crippen LogP contribution in [0.2, 0.25) is 0 Å². The third-order valence-electron chi connectivity index (χ3n) is 2.83. The zero-order valence-electron chi connectivity index (χ0n) is 10.0. The summed E-state index contributed by atoms with van der Waals surface area (Å²) in [5.74, 6) is -0.132. The van der Waals surface area contributed by atoms with E-state index in [9.17, 15) is 9.59 Å². The minimum absolute atomic E-state index is 0.0411. The lowest BCUT2D eigenvalue weighted by Gasteiger charge is -2.09. The maximum absolute atomic E-state index is 11.6. The van der Waals surface area contributed by atoms with Crippen molar-refractivity contribution in [3.8, 4) is 0 Å². The van der Waals surface area contributed by atoms with Crippen molar-refractivity contribution in [1.82, 2.24) is 5.32 Å². The summed E-state index contributed by atoms with van der Waals surface area (Å²) in [5, 5.41) is 5.04. The number of aryl methyl sites for hydroxylation is 2. The van der Waals surface area contributed by atoms with Crippen molar-refractivity contribution in [2.24, 2.45) is 5.92 Å². The van der Waals surface area contributed by atoms with Gasteiger partial charge in [-0.05, 0) is 43.9 Å². The fraction of sp³-hybridized carbons (Fsp3) is 0.385. The van der Waals surface area contributed by atoms with Crippen LogP contribution in [0.25, 0.3) is 0 Å². The van der Waals surface area contributed by atoms with Crippen molar-refractivity contribution >= 4 is 17.6 Å². The van der Waals surface area contributed by atoms with Crippen LogP contribution >= 0.6 is 0 Å². The van der Waals surface area contributed by atoms with Gasteiger partial charge in [-0.1, -0.05) is 12.1 Å². The van der Waals surface area contributed by atoms with Gasteiger partial charge in [0, 0.05) is 11.6 Å². The maximum atomic E-state index is 11.6. The first-order valence-corrected chi connectivity index (χ1v) is 5.75. The van der Waals surface area contributed by atoms with Crippen LogP contribution < -0.4 is 10.6 Å². The van der Waals surface area contributed by atoms with Crippen LogP contribution in [-0.2, 0) is 4.79 Å². The molecule has 1 aromatic carbocycles. The summed E-state index contributed by atoms with van der Waals surface area (Å²) in [6, 6.07) is 5.35. The lowest BCUT2D eigenvalue weighted by atomic mass is 10.1. The Labute approximate surface area is 100 Å². The van der Waals surface area contributed by atoms with Crippen LogP contribution in [0.5, 0.6) is 0 Å². The second kappa shape index (κ2) is 4.57. The topological polar surface area (TPSA) is 58.2 Å². The molecule has 3 amide bonds. The van der Waals surface area contributed by atoms with E-state index in [0.29, 0.717) is 0 Å². The number of anilines is 1. The zero-order chi connectivity index (χ0) is 12.4. The van der Waals surface area contributed by atoms with Crippen molar-refractivity contribution in [3.05, 3.63) is 29.3 Å². The van der Waals surface area contributed by atoms with Crippen molar-refractivity contribution < 1.29 is 9.59 Å². The maximum Gasteiger partial charge on any atom is 0.325 e. The number of carbonyl (C=O) groups excluding carboxylic acids is 2. The van der Waals surface area contributed by atoms with E-state index in [1.807, 2.05) is 32.0 Å². The van der Waals surface area contributed by atoms with Gasteiger partial charge in [-0.3, -0.25) is 10.1 Å². The molecule has 0 spiro atoms. The average molecular weight is 232 g/mol. The number of hydrogen-bond donors (Lipinski definition) is 2. The third kappa shape index (κ3) is 3.06. The van der Waals surface area contributed by atoms with E-state index in [4.69, 9.17) is 0 Å². The fourth-order valence-electron chi connectivity index (χ4n) is 1.58. The van der Waals surface area contributed by atoms with Crippen LogP contribution in [0.15, 0.2) is 18.2 Å². The third-order valence-corrected chi connectivity index (χ3v) is 2.83. The first-order valence-electron chi connectivity index (χ1n) is 5.75. The Morgan fingerprint density at radius 2 is 1.94 bits per heavy atom. The Kier molecular flexibility index (Phi) is 3.13. The molecule has 4 nitrogen and oxygen atoms in total. The largest absolute Gasteiger partial charge is 0.325 e. The molecule has 1 saturated carbocycles.